The largest absolute Gasteiger partial charge is 0.492 e. The van der Waals surface area contributed by atoms with Gasteiger partial charge in [-0.1, -0.05) is 5.92 Å². The van der Waals surface area contributed by atoms with Gasteiger partial charge in [0.05, 0.1) is 26.3 Å². The van der Waals surface area contributed by atoms with E-state index in [2.05, 4.69) is 18.9 Å². The zero-order chi connectivity index (χ0) is 15.0. The summed E-state index contributed by atoms with van der Waals surface area (Å²) in [6.07, 6.45) is 0.310. The number of benzene rings is 1. The number of rotatable bonds is 1. The number of fused-ring (bicyclic) bond motifs is 2. The molecule has 0 radical (unpaired) electrons. The maximum atomic E-state index is 9.44. The van der Waals surface area contributed by atoms with Crippen molar-refractivity contribution < 1.29 is 24.2 Å². The van der Waals surface area contributed by atoms with E-state index in [1.807, 2.05) is 6.07 Å². The van der Waals surface area contributed by atoms with Crippen molar-refractivity contribution in [2.75, 3.05) is 27.5 Å². The third-order valence-electron chi connectivity index (χ3n) is 3.95. The highest BCUT2D eigenvalue weighted by atomic mass is 16.7. The first-order valence-corrected chi connectivity index (χ1v) is 7.12. The predicted octanol–water partition coefficient (Wildman–Crippen LogP) is -0.0800. The molecule has 112 valence electrons. The van der Waals surface area contributed by atoms with Crippen molar-refractivity contribution in [1.29, 1.82) is 0 Å². The van der Waals surface area contributed by atoms with Crippen LogP contribution in [0.15, 0.2) is 6.07 Å². The Morgan fingerprint density at radius 2 is 2.29 bits per heavy atom. The van der Waals surface area contributed by atoms with Crippen molar-refractivity contribution in [3.05, 3.63) is 17.2 Å². The first-order valence-electron chi connectivity index (χ1n) is 7.12. The van der Waals surface area contributed by atoms with Crippen molar-refractivity contribution in [3.63, 3.8) is 0 Å². The van der Waals surface area contributed by atoms with Crippen LogP contribution < -0.4 is 19.1 Å². The van der Waals surface area contributed by atoms with Gasteiger partial charge in [-0.25, -0.2) is 0 Å². The fourth-order valence-corrected chi connectivity index (χ4v) is 2.93. The van der Waals surface area contributed by atoms with Gasteiger partial charge in [-0.15, -0.1) is 0 Å². The van der Waals surface area contributed by atoms with E-state index in [9.17, 15) is 5.11 Å². The molecule has 3 rings (SSSR count). The number of likely N-dealkylation sites (N-methyl/N-ethyl adjacent to an activating group) is 1. The Hall–Kier alpha value is -1.90. The molecule has 5 nitrogen and oxygen atoms in total. The Morgan fingerprint density at radius 3 is 3.00 bits per heavy atom. The monoisotopic (exact) mass is 290 g/mol. The van der Waals surface area contributed by atoms with E-state index in [4.69, 9.17) is 14.2 Å². The van der Waals surface area contributed by atoms with Crippen LogP contribution >= 0.6 is 0 Å². The van der Waals surface area contributed by atoms with Crippen LogP contribution in [0.3, 0.4) is 0 Å². The summed E-state index contributed by atoms with van der Waals surface area (Å²) >= 11 is 0. The van der Waals surface area contributed by atoms with E-state index in [1.54, 1.807) is 14.0 Å². The third-order valence-corrected chi connectivity index (χ3v) is 3.95. The molecule has 2 aliphatic rings. The minimum absolute atomic E-state index is 0.0344. The van der Waals surface area contributed by atoms with Crippen LogP contribution in [0.25, 0.3) is 0 Å². The molecule has 0 fully saturated rings. The molecule has 1 aromatic rings. The molecule has 3 atom stereocenters. The van der Waals surface area contributed by atoms with Crippen molar-refractivity contribution in [3.8, 4) is 29.1 Å². The second-order valence-electron chi connectivity index (χ2n) is 5.46. The van der Waals surface area contributed by atoms with Crippen LogP contribution in [0, 0.1) is 11.8 Å². The molecule has 0 bridgehead atoms. The molecule has 0 saturated heterocycles. The lowest BCUT2D eigenvalue weighted by molar-refractivity contribution is -0.905. The van der Waals surface area contributed by atoms with Gasteiger partial charge in [0.15, 0.2) is 17.5 Å². The Balaban J connectivity index is 2.14. The average Bonchev–Trinajstić information content (AvgIpc) is 2.91. The van der Waals surface area contributed by atoms with Gasteiger partial charge in [0.1, 0.15) is 6.10 Å². The summed E-state index contributed by atoms with van der Waals surface area (Å²) in [7, 11) is 3.75. The van der Waals surface area contributed by atoms with E-state index in [1.165, 1.54) is 10.5 Å². The van der Waals surface area contributed by atoms with Gasteiger partial charge >= 0.3 is 0 Å². The number of aliphatic hydroxyl groups is 1. The lowest BCUT2D eigenvalue weighted by Crippen LogP contribution is -3.10. The van der Waals surface area contributed by atoms with Crippen LogP contribution in [-0.4, -0.2) is 38.7 Å². The summed E-state index contributed by atoms with van der Waals surface area (Å²) in [6.45, 7) is 2.87. The second kappa shape index (κ2) is 5.47. The zero-order valence-corrected chi connectivity index (χ0v) is 12.5. The molecule has 2 aliphatic heterocycles. The third kappa shape index (κ3) is 2.41. The first kappa shape index (κ1) is 14.1. The lowest BCUT2D eigenvalue weighted by atomic mass is 9.91. The maximum Gasteiger partial charge on any atom is 0.231 e. The molecule has 0 spiro atoms. The van der Waals surface area contributed by atoms with Gasteiger partial charge in [0.25, 0.3) is 0 Å². The Kier molecular flexibility index (Phi) is 3.66. The number of methoxy groups -OCH3 is 1. The number of nitrogens with one attached hydrogen (secondary N) is 1. The summed E-state index contributed by atoms with van der Waals surface area (Å²) < 4.78 is 16.6. The molecule has 1 aromatic carbocycles. The van der Waals surface area contributed by atoms with Gasteiger partial charge in [-0.2, -0.15) is 0 Å². The summed E-state index contributed by atoms with van der Waals surface area (Å²) in [5.74, 6) is 8.16. The summed E-state index contributed by atoms with van der Waals surface area (Å²) in [5, 5.41) is 9.44. The van der Waals surface area contributed by atoms with E-state index in [0.717, 1.165) is 24.3 Å². The van der Waals surface area contributed by atoms with Gasteiger partial charge in [0, 0.05) is 6.42 Å². The Labute approximate surface area is 124 Å². The van der Waals surface area contributed by atoms with Gasteiger partial charge in [-0.3, -0.25) is 0 Å². The van der Waals surface area contributed by atoms with E-state index < -0.39 is 6.10 Å². The van der Waals surface area contributed by atoms with Crippen molar-refractivity contribution >= 4 is 0 Å². The summed E-state index contributed by atoms with van der Waals surface area (Å²) in [6, 6.07) is 2.00. The predicted molar refractivity (Wildman–Crippen MR) is 76.8 cm³/mol. The highest BCUT2D eigenvalue weighted by molar-refractivity contribution is 5.62. The normalized spacial score (nSPS) is 23.8. The first-order chi connectivity index (χ1) is 10.1. The number of quaternary nitrogens is 1. The Morgan fingerprint density at radius 1 is 1.48 bits per heavy atom. The van der Waals surface area contributed by atoms with E-state index in [-0.39, 0.29) is 12.8 Å². The molecule has 1 unspecified atom stereocenters. The van der Waals surface area contributed by atoms with E-state index >= 15 is 0 Å². The van der Waals surface area contributed by atoms with Crippen LogP contribution in [0.5, 0.6) is 17.2 Å². The molecule has 2 N–H and O–H groups in total. The summed E-state index contributed by atoms with van der Waals surface area (Å²) in [5.41, 5.74) is 2.24. The molecular formula is C16H20NO4+. The Bertz CT molecular complexity index is 615. The number of ether oxygens (including phenoxy) is 3. The molecule has 0 saturated carbocycles. The molecule has 0 aromatic heterocycles. The van der Waals surface area contributed by atoms with Crippen molar-refractivity contribution in [1.82, 2.24) is 0 Å². The molecule has 0 amide bonds. The van der Waals surface area contributed by atoms with Gasteiger partial charge in [0.2, 0.25) is 12.5 Å². The van der Waals surface area contributed by atoms with Crippen molar-refractivity contribution in [2.45, 2.75) is 25.5 Å². The highest BCUT2D eigenvalue weighted by Gasteiger charge is 2.35. The summed E-state index contributed by atoms with van der Waals surface area (Å²) in [4.78, 5) is 1.29. The number of aliphatic hydroxyl groups excluding tert-OH is 1. The van der Waals surface area contributed by atoms with Crippen LogP contribution in [0.2, 0.25) is 0 Å². The number of hydrogen-bond acceptors (Lipinski definition) is 4. The van der Waals surface area contributed by atoms with Gasteiger partial charge in [-0.05, 0) is 24.5 Å². The molecular weight excluding hydrogens is 270 g/mol. The fourth-order valence-electron chi connectivity index (χ4n) is 2.93. The zero-order valence-electron chi connectivity index (χ0n) is 12.5. The number of hydrogen-bond donors (Lipinski definition) is 2. The quantitative estimate of drug-likeness (QED) is 0.711. The van der Waals surface area contributed by atoms with Crippen LogP contribution in [0.4, 0.5) is 0 Å². The van der Waals surface area contributed by atoms with Gasteiger partial charge < -0.3 is 24.2 Å². The lowest BCUT2D eigenvalue weighted by Gasteiger charge is -2.30. The van der Waals surface area contributed by atoms with Crippen LogP contribution in [-0.2, 0) is 6.42 Å². The van der Waals surface area contributed by atoms with Crippen LogP contribution in [0.1, 0.15) is 24.1 Å². The minimum atomic E-state index is -0.636. The maximum absolute atomic E-state index is 9.44. The average molecular weight is 290 g/mol. The highest BCUT2D eigenvalue weighted by Crippen LogP contribution is 2.47. The SMILES string of the molecule is COc1c2c(cc3c1[C@@H](C#C[C@H](C)O)[NH+](C)CC3)OCO2. The minimum Gasteiger partial charge on any atom is -0.492 e. The molecule has 5 heteroatoms. The van der Waals surface area contributed by atoms with Crippen molar-refractivity contribution in [2.24, 2.45) is 0 Å². The molecule has 21 heavy (non-hydrogen) atoms. The topological polar surface area (TPSA) is 52.4 Å². The standard InChI is InChI=1S/C16H19NO4/c1-10(18)4-5-12-14-11(6-7-17(12)2)8-13-15(16(14)19-3)21-9-20-13/h8,10,12,18H,6-7,9H2,1-3H3/p+1/t10-,12+/m0/s1. The second-order valence-corrected chi connectivity index (χ2v) is 5.46. The molecule has 0 aliphatic carbocycles. The van der Waals surface area contributed by atoms with E-state index in [0.29, 0.717) is 11.5 Å². The smallest absolute Gasteiger partial charge is 0.231 e. The molecule has 2 heterocycles. The fraction of sp³-hybridized carbons (Fsp3) is 0.500.